The maximum atomic E-state index is 12.9. The lowest BCUT2D eigenvalue weighted by Crippen LogP contribution is -2.25. The molecule has 3 aromatic rings. The Morgan fingerprint density at radius 1 is 1.06 bits per heavy atom. The second-order valence-electron chi connectivity index (χ2n) is 6.92. The molecule has 32 heavy (non-hydrogen) atoms. The van der Waals surface area contributed by atoms with Crippen molar-refractivity contribution in [1.29, 1.82) is 0 Å². The highest BCUT2D eigenvalue weighted by molar-refractivity contribution is 5.76. The van der Waals surface area contributed by atoms with Crippen molar-refractivity contribution in [3.05, 3.63) is 76.0 Å². The summed E-state index contributed by atoms with van der Waals surface area (Å²) < 4.78 is 23.7. The number of carbonyl (C=O) groups is 1. The van der Waals surface area contributed by atoms with Crippen LogP contribution in [-0.2, 0) is 22.5 Å². The molecule has 1 heterocycles. The molecule has 8 nitrogen and oxygen atoms in total. The van der Waals surface area contributed by atoms with Crippen molar-refractivity contribution in [2.75, 3.05) is 19.8 Å². The largest absolute Gasteiger partial charge is 0.491 e. The van der Waals surface area contributed by atoms with E-state index in [1.54, 1.807) is 36.4 Å². The maximum absolute atomic E-state index is 12.9. The topological polar surface area (TPSA) is 106 Å². The number of ether oxygens (including phenoxy) is 2. The van der Waals surface area contributed by atoms with Crippen LogP contribution in [0.2, 0.25) is 0 Å². The van der Waals surface area contributed by atoms with Crippen LogP contribution in [-0.4, -0.2) is 40.9 Å². The second-order valence-corrected chi connectivity index (χ2v) is 6.92. The molecule has 9 heteroatoms. The highest BCUT2D eigenvalue weighted by Gasteiger charge is 2.10. The molecule has 1 aromatic heterocycles. The minimum Gasteiger partial charge on any atom is -0.491 e. The van der Waals surface area contributed by atoms with Crippen molar-refractivity contribution in [2.24, 2.45) is 0 Å². The lowest BCUT2D eigenvalue weighted by atomic mass is 10.2. The summed E-state index contributed by atoms with van der Waals surface area (Å²) in [4.78, 5) is 27.1. The van der Waals surface area contributed by atoms with Gasteiger partial charge in [-0.3, -0.25) is 9.59 Å². The van der Waals surface area contributed by atoms with Gasteiger partial charge in [0.2, 0.25) is 5.91 Å². The number of aromatic amines is 1. The Kier molecular flexibility index (Phi) is 8.44. The zero-order valence-corrected chi connectivity index (χ0v) is 17.8. The SMILES string of the molecule is CCOCCOc1ccc(-c2nnc(CCC(=O)NCc3ccc(F)cc3)c(=O)[nH]2)cc1. The van der Waals surface area contributed by atoms with Gasteiger partial charge < -0.3 is 19.8 Å². The standard InChI is InChI=1S/C23H25FN4O4/c1-2-31-13-14-32-19-9-5-17(6-10-19)22-26-23(30)20(27-28-22)11-12-21(29)25-15-16-3-7-18(24)8-4-16/h3-10H,2,11-15H2,1H3,(H,25,29)(H,26,28,30). The van der Waals surface area contributed by atoms with E-state index in [-0.39, 0.29) is 36.8 Å². The summed E-state index contributed by atoms with van der Waals surface area (Å²) in [5, 5.41) is 10.8. The van der Waals surface area contributed by atoms with Gasteiger partial charge in [0.15, 0.2) is 5.82 Å². The monoisotopic (exact) mass is 440 g/mol. The molecule has 3 rings (SSSR count). The normalized spacial score (nSPS) is 10.7. The van der Waals surface area contributed by atoms with Crippen LogP contribution in [0.15, 0.2) is 53.3 Å². The maximum Gasteiger partial charge on any atom is 0.273 e. The van der Waals surface area contributed by atoms with E-state index in [0.717, 1.165) is 5.56 Å². The molecule has 0 aliphatic heterocycles. The van der Waals surface area contributed by atoms with Crippen LogP contribution in [0.4, 0.5) is 4.39 Å². The zero-order chi connectivity index (χ0) is 22.8. The van der Waals surface area contributed by atoms with Gasteiger partial charge in [-0.05, 0) is 48.9 Å². The van der Waals surface area contributed by atoms with Crippen molar-refractivity contribution in [3.63, 3.8) is 0 Å². The van der Waals surface area contributed by atoms with Gasteiger partial charge in [-0.2, -0.15) is 0 Å². The molecule has 0 atom stereocenters. The Labute approximate surface area is 184 Å². The molecular formula is C23H25FN4O4. The molecule has 0 saturated carbocycles. The molecule has 0 unspecified atom stereocenters. The molecule has 0 saturated heterocycles. The smallest absolute Gasteiger partial charge is 0.273 e. The fourth-order valence-electron chi connectivity index (χ4n) is 2.85. The summed E-state index contributed by atoms with van der Waals surface area (Å²) in [5.74, 6) is 0.454. The fraction of sp³-hybridized carbons (Fsp3) is 0.304. The van der Waals surface area contributed by atoms with E-state index in [4.69, 9.17) is 9.47 Å². The first-order valence-electron chi connectivity index (χ1n) is 10.3. The molecule has 2 N–H and O–H groups in total. The van der Waals surface area contributed by atoms with E-state index < -0.39 is 5.56 Å². The van der Waals surface area contributed by atoms with E-state index in [2.05, 4.69) is 20.5 Å². The van der Waals surface area contributed by atoms with E-state index in [1.165, 1.54) is 12.1 Å². The Hall–Kier alpha value is -3.59. The third kappa shape index (κ3) is 6.98. The number of benzene rings is 2. The summed E-state index contributed by atoms with van der Waals surface area (Å²) in [5.41, 5.74) is 1.27. The second kappa shape index (κ2) is 11.7. The number of amides is 1. The van der Waals surface area contributed by atoms with Crippen molar-refractivity contribution in [1.82, 2.24) is 20.5 Å². The van der Waals surface area contributed by atoms with Gasteiger partial charge >= 0.3 is 0 Å². The van der Waals surface area contributed by atoms with Gasteiger partial charge in [0, 0.05) is 31.6 Å². The summed E-state index contributed by atoms with van der Waals surface area (Å²) in [6, 6.07) is 13.0. The predicted molar refractivity (Wildman–Crippen MR) is 117 cm³/mol. The average Bonchev–Trinajstić information content (AvgIpc) is 2.81. The molecule has 0 aliphatic rings. The number of nitrogens with one attached hydrogen (secondary N) is 2. The number of aryl methyl sites for hydroxylation is 1. The van der Waals surface area contributed by atoms with Gasteiger partial charge in [-0.15, -0.1) is 10.2 Å². The Bertz CT molecular complexity index is 1070. The molecule has 0 spiro atoms. The van der Waals surface area contributed by atoms with Crippen molar-refractivity contribution >= 4 is 5.91 Å². The Morgan fingerprint density at radius 3 is 2.50 bits per heavy atom. The van der Waals surface area contributed by atoms with Gasteiger partial charge in [0.05, 0.1) is 6.61 Å². The van der Waals surface area contributed by atoms with Crippen LogP contribution in [0, 0.1) is 5.82 Å². The van der Waals surface area contributed by atoms with Crippen molar-refractivity contribution in [3.8, 4) is 17.1 Å². The fourth-order valence-corrected chi connectivity index (χ4v) is 2.85. The zero-order valence-electron chi connectivity index (χ0n) is 17.8. The third-order valence-corrected chi connectivity index (χ3v) is 4.58. The molecule has 168 valence electrons. The highest BCUT2D eigenvalue weighted by atomic mass is 19.1. The van der Waals surface area contributed by atoms with Crippen LogP contribution >= 0.6 is 0 Å². The van der Waals surface area contributed by atoms with Crippen molar-refractivity contribution < 1.29 is 18.7 Å². The number of rotatable bonds is 11. The van der Waals surface area contributed by atoms with E-state index in [9.17, 15) is 14.0 Å². The number of carbonyl (C=O) groups excluding carboxylic acids is 1. The lowest BCUT2D eigenvalue weighted by molar-refractivity contribution is -0.121. The first-order chi connectivity index (χ1) is 15.5. The van der Waals surface area contributed by atoms with Gasteiger partial charge in [0.1, 0.15) is 23.9 Å². The van der Waals surface area contributed by atoms with E-state index >= 15 is 0 Å². The summed E-state index contributed by atoms with van der Waals surface area (Å²) in [6.45, 7) is 3.82. The van der Waals surface area contributed by atoms with Crippen LogP contribution in [0.25, 0.3) is 11.4 Å². The molecule has 0 bridgehead atoms. The number of hydrogen-bond acceptors (Lipinski definition) is 6. The van der Waals surface area contributed by atoms with Crippen LogP contribution < -0.4 is 15.6 Å². The minimum atomic E-state index is -0.390. The van der Waals surface area contributed by atoms with E-state index in [1.807, 2.05) is 6.92 Å². The minimum absolute atomic E-state index is 0.0894. The van der Waals surface area contributed by atoms with Gasteiger partial charge in [-0.1, -0.05) is 12.1 Å². The lowest BCUT2D eigenvalue weighted by Gasteiger charge is -2.07. The van der Waals surface area contributed by atoms with Gasteiger partial charge in [-0.25, -0.2) is 4.39 Å². The Balaban J connectivity index is 1.50. The van der Waals surface area contributed by atoms with Crippen molar-refractivity contribution in [2.45, 2.75) is 26.3 Å². The van der Waals surface area contributed by atoms with Crippen LogP contribution in [0.5, 0.6) is 5.75 Å². The third-order valence-electron chi connectivity index (χ3n) is 4.58. The number of H-pyrrole nitrogens is 1. The predicted octanol–water partition coefficient (Wildman–Crippen LogP) is 2.64. The summed E-state index contributed by atoms with van der Waals surface area (Å²) in [6.07, 6.45) is 0.247. The summed E-state index contributed by atoms with van der Waals surface area (Å²) in [7, 11) is 0. The quantitative estimate of drug-likeness (QED) is 0.444. The number of aromatic nitrogens is 3. The molecule has 1 amide bonds. The molecular weight excluding hydrogens is 415 g/mol. The summed E-state index contributed by atoms with van der Waals surface area (Å²) >= 11 is 0. The highest BCUT2D eigenvalue weighted by Crippen LogP contribution is 2.18. The van der Waals surface area contributed by atoms with Crippen LogP contribution in [0.3, 0.4) is 0 Å². The molecule has 0 aliphatic carbocycles. The average molecular weight is 440 g/mol. The first-order valence-corrected chi connectivity index (χ1v) is 10.3. The molecule has 2 aromatic carbocycles. The number of nitrogens with zero attached hydrogens (tertiary/aromatic N) is 2. The molecule has 0 radical (unpaired) electrons. The number of hydrogen-bond donors (Lipinski definition) is 2. The van der Waals surface area contributed by atoms with Gasteiger partial charge in [0.25, 0.3) is 5.56 Å². The number of halogens is 1. The Morgan fingerprint density at radius 2 is 1.81 bits per heavy atom. The van der Waals surface area contributed by atoms with E-state index in [0.29, 0.717) is 37.0 Å². The first kappa shape index (κ1) is 23.1. The van der Waals surface area contributed by atoms with Crippen LogP contribution in [0.1, 0.15) is 24.6 Å². The molecule has 0 fully saturated rings.